The molecule has 0 aliphatic carbocycles. The van der Waals surface area contributed by atoms with Gasteiger partial charge in [-0.1, -0.05) is 115 Å². The third kappa shape index (κ3) is 13.3. The standard InChI is InChI=1S/C48H51N3O7/c1-3-13-39(30-45(53)49-42(31-52)28-35-21-25-43(26-22-35)57-32-36-17-9-6-10-18-36)46(54)51-44(47(55)50-41-24-23-37-19-11-12-20-38(37)29-41)33-58-48(56)40(14-4-2)27-34-15-7-5-8-16-34/h3-12,15-26,29,39-40,42,44,52H,1-2,13-14,27-28,30-33H2,(H,49,53)(H,50,55)(H,51,54)/t39-,40+,42-,44-/m0/s1. The minimum absolute atomic E-state index is 0.130. The third-order valence-corrected chi connectivity index (χ3v) is 9.64. The first kappa shape index (κ1) is 42.6. The molecule has 5 rings (SSSR count). The summed E-state index contributed by atoms with van der Waals surface area (Å²) in [4.78, 5) is 54.3. The topological polar surface area (TPSA) is 143 Å². The van der Waals surface area contributed by atoms with Crippen LogP contribution in [0.25, 0.3) is 10.8 Å². The van der Waals surface area contributed by atoms with Crippen LogP contribution in [0.5, 0.6) is 5.75 Å². The SMILES string of the molecule is C=CC[C@@H](CC(=O)N[C@H](CO)Cc1ccc(OCc2ccccc2)cc1)C(=O)N[C@@H](COC(=O)[C@H](CC=C)Cc1ccccc1)C(=O)Nc1ccc2ccccc2c1. The summed E-state index contributed by atoms with van der Waals surface area (Å²) in [5.74, 6) is -2.95. The monoisotopic (exact) mass is 781 g/mol. The highest BCUT2D eigenvalue weighted by Gasteiger charge is 2.30. The Hall–Kier alpha value is -6.52. The molecule has 5 aromatic carbocycles. The van der Waals surface area contributed by atoms with E-state index in [4.69, 9.17) is 9.47 Å². The van der Waals surface area contributed by atoms with Crippen LogP contribution in [-0.2, 0) is 43.4 Å². The van der Waals surface area contributed by atoms with E-state index in [0.29, 0.717) is 37.3 Å². The second kappa shape index (κ2) is 22.3. The molecule has 0 aliphatic rings. The fourth-order valence-electron chi connectivity index (χ4n) is 6.52. The van der Waals surface area contributed by atoms with Crippen LogP contribution in [0, 0.1) is 11.8 Å². The molecular weight excluding hydrogens is 731 g/mol. The molecule has 0 saturated heterocycles. The molecule has 10 nitrogen and oxygen atoms in total. The summed E-state index contributed by atoms with van der Waals surface area (Å²) in [7, 11) is 0. The number of nitrogens with one attached hydrogen (secondary N) is 3. The maximum atomic E-state index is 13.8. The van der Waals surface area contributed by atoms with Gasteiger partial charge in [-0.2, -0.15) is 0 Å². The van der Waals surface area contributed by atoms with Gasteiger partial charge in [0.1, 0.15) is 25.0 Å². The minimum atomic E-state index is -1.29. The molecule has 4 atom stereocenters. The van der Waals surface area contributed by atoms with Gasteiger partial charge in [0.25, 0.3) is 5.91 Å². The Balaban J connectivity index is 1.22. The zero-order valence-electron chi connectivity index (χ0n) is 32.6. The number of rotatable bonds is 22. The molecule has 3 amide bonds. The fraction of sp³-hybridized carbons (Fsp3) is 0.250. The highest BCUT2D eigenvalue weighted by molar-refractivity contribution is 5.99. The van der Waals surface area contributed by atoms with E-state index in [-0.39, 0.29) is 19.4 Å². The Bertz CT molecular complexity index is 2120. The van der Waals surface area contributed by atoms with Crippen molar-refractivity contribution in [3.8, 4) is 5.75 Å². The number of ether oxygens (including phenoxy) is 2. The quantitative estimate of drug-likeness (QED) is 0.0433. The lowest BCUT2D eigenvalue weighted by Crippen LogP contribution is -2.50. The van der Waals surface area contributed by atoms with Gasteiger partial charge in [0.2, 0.25) is 11.8 Å². The van der Waals surface area contributed by atoms with E-state index in [1.54, 1.807) is 12.1 Å². The molecule has 0 fully saturated rings. The van der Waals surface area contributed by atoms with E-state index in [0.717, 1.165) is 27.5 Å². The van der Waals surface area contributed by atoms with Crippen LogP contribution in [0.1, 0.15) is 36.0 Å². The van der Waals surface area contributed by atoms with Crippen molar-refractivity contribution in [2.45, 2.75) is 50.8 Å². The second-order valence-corrected chi connectivity index (χ2v) is 14.1. The molecule has 300 valence electrons. The lowest BCUT2D eigenvalue weighted by Gasteiger charge is -2.23. The molecule has 0 radical (unpaired) electrons. The molecule has 10 heteroatoms. The van der Waals surface area contributed by atoms with Gasteiger partial charge < -0.3 is 30.5 Å². The van der Waals surface area contributed by atoms with Crippen LogP contribution < -0.4 is 20.7 Å². The summed E-state index contributed by atoms with van der Waals surface area (Å²) in [6, 6.07) is 38.0. The number of hydrogen-bond acceptors (Lipinski definition) is 7. The molecule has 0 bridgehead atoms. The van der Waals surface area contributed by atoms with Crippen molar-refractivity contribution in [2.24, 2.45) is 11.8 Å². The Morgan fingerprint density at radius 2 is 1.28 bits per heavy atom. The van der Waals surface area contributed by atoms with Crippen LogP contribution >= 0.6 is 0 Å². The Kier molecular flexibility index (Phi) is 16.4. The lowest BCUT2D eigenvalue weighted by atomic mass is 9.96. The van der Waals surface area contributed by atoms with Crippen molar-refractivity contribution < 1.29 is 33.8 Å². The molecule has 5 aromatic rings. The highest BCUT2D eigenvalue weighted by Crippen LogP contribution is 2.21. The molecule has 0 aliphatic heterocycles. The summed E-state index contributed by atoms with van der Waals surface area (Å²) in [6.07, 6.45) is 4.17. The molecule has 0 saturated carbocycles. The summed E-state index contributed by atoms with van der Waals surface area (Å²) < 4.78 is 11.6. The number of carbonyl (C=O) groups excluding carboxylic acids is 4. The van der Waals surface area contributed by atoms with Crippen molar-refractivity contribution in [1.82, 2.24) is 10.6 Å². The summed E-state index contributed by atoms with van der Waals surface area (Å²) in [5, 5.41) is 20.5. The largest absolute Gasteiger partial charge is 0.489 e. The number of anilines is 1. The predicted octanol–water partition coefficient (Wildman–Crippen LogP) is 7.12. The van der Waals surface area contributed by atoms with Crippen LogP contribution in [0.15, 0.2) is 153 Å². The van der Waals surface area contributed by atoms with Crippen molar-refractivity contribution in [3.63, 3.8) is 0 Å². The first-order valence-corrected chi connectivity index (χ1v) is 19.4. The zero-order valence-corrected chi connectivity index (χ0v) is 32.6. The van der Waals surface area contributed by atoms with E-state index in [1.807, 2.05) is 121 Å². The average molecular weight is 782 g/mol. The number of esters is 1. The number of allylic oxidation sites excluding steroid dienone is 2. The van der Waals surface area contributed by atoms with Gasteiger partial charge >= 0.3 is 5.97 Å². The van der Waals surface area contributed by atoms with Crippen LogP contribution in [0.3, 0.4) is 0 Å². The highest BCUT2D eigenvalue weighted by atomic mass is 16.5. The lowest BCUT2D eigenvalue weighted by molar-refractivity contribution is -0.150. The van der Waals surface area contributed by atoms with Crippen molar-refractivity contribution in [2.75, 3.05) is 18.5 Å². The smallest absolute Gasteiger partial charge is 0.309 e. The summed E-state index contributed by atoms with van der Waals surface area (Å²) in [6.45, 7) is 7.22. The van der Waals surface area contributed by atoms with E-state index in [9.17, 15) is 24.3 Å². The fourth-order valence-corrected chi connectivity index (χ4v) is 6.52. The molecule has 0 spiro atoms. The number of benzene rings is 5. The average Bonchev–Trinajstić information content (AvgIpc) is 3.24. The van der Waals surface area contributed by atoms with E-state index >= 15 is 0 Å². The maximum Gasteiger partial charge on any atom is 0.309 e. The van der Waals surface area contributed by atoms with E-state index < -0.39 is 54.2 Å². The Morgan fingerprint density at radius 3 is 1.95 bits per heavy atom. The van der Waals surface area contributed by atoms with Gasteiger partial charge in [0, 0.05) is 12.1 Å². The molecule has 4 N–H and O–H groups in total. The molecule has 58 heavy (non-hydrogen) atoms. The van der Waals surface area contributed by atoms with E-state index in [1.165, 1.54) is 6.08 Å². The first-order valence-electron chi connectivity index (χ1n) is 19.4. The molecule has 0 heterocycles. The molecule has 0 aromatic heterocycles. The van der Waals surface area contributed by atoms with Crippen LogP contribution in [-0.4, -0.2) is 54.1 Å². The number of carbonyl (C=O) groups is 4. The first-order chi connectivity index (χ1) is 28.2. The van der Waals surface area contributed by atoms with Gasteiger partial charge in [-0.05, 0) is 77.4 Å². The Labute approximate surface area is 340 Å². The van der Waals surface area contributed by atoms with Gasteiger partial charge in [-0.25, -0.2) is 0 Å². The van der Waals surface area contributed by atoms with E-state index in [2.05, 4.69) is 29.1 Å². The van der Waals surface area contributed by atoms with Crippen molar-refractivity contribution in [1.29, 1.82) is 0 Å². The van der Waals surface area contributed by atoms with Gasteiger partial charge in [0.15, 0.2) is 0 Å². The number of hydrogen-bond donors (Lipinski definition) is 4. The molecule has 0 unspecified atom stereocenters. The second-order valence-electron chi connectivity index (χ2n) is 14.1. The van der Waals surface area contributed by atoms with Crippen molar-refractivity contribution >= 4 is 40.2 Å². The predicted molar refractivity (Wildman–Crippen MR) is 227 cm³/mol. The van der Waals surface area contributed by atoms with Gasteiger partial charge in [-0.15, -0.1) is 13.2 Å². The number of amides is 3. The number of aliphatic hydroxyl groups excluding tert-OH is 1. The Morgan fingerprint density at radius 1 is 0.655 bits per heavy atom. The number of aliphatic hydroxyl groups is 1. The normalized spacial score (nSPS) is 12.9. The summed E-state index contributed by atoms with van der Waals surface area (Å²) in [5.41, 5.74) is 3.37. The third-order valence-electron chi connectivity index (χ3n) is 9.64. The van der Waals surface area contributed by atoms with Crippen LogP contribution in [0.4, 0.5) is 5.69 Å². The van der Waals surface area contributed by atoms with Crippen molar-refractivity contribution in [3.05, 3.63) is 169 Å². The van der Waals surface area contributed by atoms with Crippen LogP contribution in [0.2, 0.25) is 0 Å². The van der Waals surface area contributed by atoms with Gasteiger partial charge in [0.05, 0.1) is 24.5 Å². The van der Waals surface area contributed by atoms with Gasteiger partial charge in [-0.3, -0.25) is 19.2 Å². The zero-order chi connectivity index (χ0) is 41.1. The summed E-state index contributed by atoms with van der Waals surface area (Å²) >= 11 is 0. The molecular formula is C48H51N3O7. The number of fused-ring (bicyclic) bond motifs is 1. The maximum absolute atomic E-state index is 13.8. The minimum Gasteiger partial charge on any atom is -0.489 e.